The van der Waals surface area contributed by atoms with Gasteiger partial charge in [-0.05, 0) is 32.1 Å². The number of piperidine rings is 1. The summed E-state index contributed by atoms with van der Waals surface area (Å²) in [6, 6.07) is 0.383. The molecule has 0 radical (unpaired) electrons. The van der Waals surface area contributed by atoms with Gasteiger partial charge in [-0.15, -0.1) is 24.0 Å². The Kier molecular flexibility index (Phi) is 13.2. The van der Waals surface area contributed by atoms with Crippen molar-refractivity contribution >= 4 is 35.8 Å². The predicted octanol–water partition coefficient (Wildman–Crippen LogP) is 1.17. The number of nitrogens with two attached hydrogens (primary N) is 1. The third-order valence-electron chi connectivity index (χ3n) is 4.38. The highest BCUT2D eigenvalue weighted by atomic mass is 127. The molecule has 7 nitrogen and oxygen atoms in total. The monoisotopic (exact) mass is 469 g/mol. The van der Waals surface area contributed by atoms with Crippen LogP contribution >= 0.6 is 24.0 Å². The topological polar surface area (TPSA) is 92.0 Å². The second kappa shape index (κ2) is 13.6. The molecule has 0 aromatic heterocycles. The maximum atomic E-state index is 11.0. The van der Waals surface area contributed by atoms with Gasteiger partial charge < -0.3 is 21.1 Å². The van der Waals surface area contributed by atoms with Crippen LogP contribution in [0.2, 0.25) is 0 Å². The minimum absolute atomic E-state index is 0. The molecular formula is C17H36IN5O2. The molecule has 1 aliphatic heterocycles. The molecule has 0 aromatic carbocycles. The van der Waals surface area contributed by atoms with Crippen LogP contribution in [0.15, 0.2) is 4.99 Å². The van der Waals surface area contributed by atoms with Crippen molar-refractivity contribution in [1.29, 1.82) is 0 Å². The Morgan fingerprint density at radius 2 is 2.00 bits per heavy atom. The van der Waals surface area contributed by atoms with Crippen molar-refractivity contribution in [3.63, 3.8) is 0 Å². The second-order valence-electron chi connectivity index (χ2n) is 6.69. The Morgan fingerprint density at radius 3 is 2.48 bits per heavy atom. The molecule has 1 saturated heterocycles. The fourth-order valence-corrected chi connectivity index (χ4v) is 3.00. The third-order valence-corrected chi connectivity index (χ3v) is 4.38. The van der Waals surface area contributed by atoms with E-state index in [0.29, 0.717) is 18.5 Å². The van der Waals surface area contributed by atoms with Crippen molar-refractivity contribution in [1.82, 2.24) is 15.5 Å². The summed E-state index contributed by atoms with van der Waals surface area (Å²) in [7, 11) is 1.79. The lowest BCUT2D eigenvalue weighted by Crippen LogP contribution is -2.50. The summed E-state index contributed by atoms with van der Waals surface area (Å²) < 4.78 is 5.77. The minimum atomic E-state index is -0.257. The fraction of sp³-hybridized carbons (Fsp3) is 0.882. The Morgan fingerprint density at radius 1 is 1.36 bits per heavy atom. The van der Waals surface area contributed by atoms with E-state index in [0.717, 1.165) is 51.5 Å². The molecule has 0 aliphatic carbocycles. The summed E-state index contributed by atoms with van der Waals surface area (Å²) in [4.78, 5) is 17.4. The zero-order chi connectivity index (χ0) is 17.9. The van der Waals surface area contributed by atoms with E-state index < -0.39 is 0 Å². The number of carbonyl (C=O) groups excluding carboxylic acids is 1. The predicted molar refractivity (Wildman–Crippen MR) is 113 cm³/mol. The standard InChI is InChI=1S/C17H35N5O2.HI/c1-5-24-15(13(2)3)6-9-20-17(19-4)21-14-7-10-22(11-8-14)12-16(18)23;/h13-15H,5-12H2,1-4H3,(H2,18,23)(H2,19,20,21);1H. The van der Waals surface area contributed by atoms with Gasteiger partial charge in [0.05, 0.1) is 12.6 Å². The van der Waals surface area contributed by atoms with Crippen LogP contribution in [-0.4, -0.2) is 68.7 Å². The number of hydrogen-bond donors (Lipinski definition) is 3. The molecule has 0 aromatic rings. The molecule has 4 N–H and O–H groups in total. The van der Waals surface area contributed by atoms with Crippen LogP contribution in [0.4, 0.5) is 0 Å². The molecule has 1 amide bonds. The summed E-state index contributed by atoms with van der Waals surface area (Å²) in [5, 5.41) is 6.84. The lowest BCUT2D eigenvalue weighted by atomic mass is 10.0. The van der Waals surface area contributed by atoms with Crippen molar-refractivity contribution in [2.24, 2.45) is 16.6 Å². The van der Waals surface area contributed by atoms with Crippen molar-refractivity contribution in [2.45, 2.75) is 52.2 Å². The molecule has 1 unspecified atom stereocenters. The number of hydrogen-bond acceptors (Lipinski definition) is 4. The zero-order valence-corrected chi connectivity index (χ0v) is 18.4. The van der Waals surface area contributed by atoms with Crippen molar-refractivity contribution in [2.75, 3.05) is 39.8 Å². The van der Waals surface area contributed by atoms with Gasteiger partial charge in [-0.2, -0.15) is 0 Å². The van der Waals surface area contributed by atoms with Gasteiger partial charge in [-0.25, -0.2) is 0 Å². The highest BCUT2D eigenvalue weighted by Crippen LogP contribution is 2.11. The number of carbonyl (C=O) groups is 1. The molecule has 0 bridgehead atoms. The van der Waals surface area contributed by atoms with Crippen molar-refractivity contribution in [3.8, 4) is 0 Å². The number of primary amides is 1. The fourth-order valence-electron chi connectivity index (χ4n) is 3.00. The Bertz CT molecular complexity index is 398. The van der Waals surface area contributed by atoms with Gasteiger partial charge in [0.15, 0.2) is 5.96 Å². The average Bonchev–Trinajstić information content (AvgIpc) is 2.54. The lowest BCUT2D eigenvalue weighted by molar-refractivity contribution is -0.119. The molecule has 0 spiro atoms. The smallest absolute Gasteiger partial charge is 0.231 e. The van der Waals surface area contributed by atoms with Gasteiger partial charge in [0.1, 0.15) is 0 Å². The lowest BCUT2D eigenvalue weighted by Gasteiger charge is -2.32. The SMILES string of the molecule is CCOC(CCNC(=NC)NC1CCN(CC(N)=O)CC1)C(C)C.I. The third kappa shape index (κ3) is 10.2. The van der Waals surface area contributed by atoms with Crippen molar-refractivity contribution in [3.05, 3.63) is 0 Å². The van der Waals surface area contributed by atoms with Gasteiger partial charge in [-0.3, -0.25) is 14.7 Å². The molecule has 0 saturated carbocycles. The average molecular weight is 469 g/mol. The molecular weight excluding hydrogens is 433 g/mol. The Hall–Kier alpha value is -0.610. The molecule has 1 rings (SSSR count). The van der Waals surface area contributed by atoms with Gasteiger partial charge in [0.25, 0.3) is 0 Å². The Balaban J connectivity index is 0.00000576. The summed E-state index contributed by atoms with van der Waals surface area (Å²) >= 11 is 0. The summed E-state index contributed by atoms with van der Waals surface area (Å²) in [5.74, 6) is 1.09. The first kappa shape index (κ1) is 24.4. The zero-order valence-electron chi connectivity index (χ0n) is 16.1. The number of aliphatic imine (C=N–C) groups is 1. The van der Waals surface area contributed by atoms with Crippen LogP contribution in [0.25, 0.3) is 0 Å². The highest BCUT2D eigenvalue weighted by molar-refractivity contribution is 14.0. The van der Waals surface area contributed by atoms with Crippen LogP contribution in [0, 0.1) is 5.92 Å². The summed E-state index contributed by atoms with van der Waals surface area (Å²) in [5.41, 5.74) is 5.25. The van der Waals surface area contributed by atoms with E-state index in [1.807, 2.05) is 6.92 Å². The number of guanidine groups is 1. The molecule has 148 valence electrons. The van der Waals surface area contributed by atoms with Crippen LogP contribution in [0.1, 0.15) is 40.0 Å². The van der Waals surface area contributed by atoms with E-state index in [2.05, 4.69) is 34.4 Å². The minimum Gasteiger partial charge on any atom is -0.378 e. The molecule has 25 heavy (non-hydrogen) atoms. The van der Waals surface area contributed by atoms with E-state index in [9.17, 15) is 4.79 Å². The molecule has 8 heteroatoms. The number of rotatable bonds is 9. The maximum absolute atomic E-state index is 11.0. The van der Waals surface area contributed by atoms with Crippen molar-refractivity contribution < 1.29 is 9.53 Å². The largest absolute Gasteiger partial charge is 0.378 e. The number of halogens is 1. The number of ether oxygens (including phenoxy) is 1. The molecule has 1 aliphatic rings. The van der Waals surface area contributed by atoms with Gasteiger partial charge in [0, 0.05) is 39.3 Å². The first-order chi connectivity index (χ1) is 11.5. The van der Waals surface area contributed by atoms with E-state index in [4.69, 9.17) is 10.5 Å². The van der Waals surface area contributed by atoms with Crippen LogP contribution in [0.5, 0.6) is 0 Å². The van der Waals surface area contributed by atoms with Gasteiger partial charge in [0.2, 0.25) is 5.91 Å². The second-order valence-corrected chi connectivity index (χ2v) is 6.69. The quantitative estimate of drug-likeness (QED) is 0.268. The van der Waals surface area contributed by atoms with E-state index in [1.54, 1.807) is 7.05 Å². The number of nitrogens with zero attached hydrogens (tertiary/aromatic N) is 2. The van der Waals surface area contributed by atoms with Gasteiger partial charge in [-0.1, -0.05) is 13.8 Å². The summed E-state index contributed by atoms with van der Waals surface area (Å²) in [6.45, 7) is 10.1. The van der Waals surface area contributed by atoms with E-state index in [-0.39, 0.29) is 36.0 Å². The van der Waals surface area contributed by atoms with E-state index in [1.165, 1.54) is 0 Å². The van der Waals surface area contributed by atoms with E-state index >= 15 is 0 Å². The first-order valence-electron chi connectivity index (χ1n) is 9.05. The van der Waals surface area contributed by atoms with Crippen LogP contribution in [-0.2, 0) is 9.53 Å². The molecule has 1 fully saturated rings. The number of amides is 1. The summed E-state index contributed by atoms with van der Waals surface area (Å²) in [6.07, 6.45) is 3.21. The molecule has 1 heterocycles. The molecule has 1 atom stereocenters. The van der Waals surface area contributed by atoms with Crippen LogP contribution in [0.3, 0.4) is 0 Å². The normalized spacial score (nSPS) is 17.9. The first-order valence-corrected chi connectivity index (χ1v) is 9.05. The Labute approximate surface area is 169 Å². The highest BCUT2D eigenvalue weighted by Gasteiger charge is 2.21. The van der Waals surface area contributed by atoms with Gasteiger partial charge >= 0.3 is 0 Å². The maximum Gasteiger partial charge on any atom is 0.231 e. The number of likely N-dealkylation sites (tertiary alicyclic amines) is 1. The van der Waals surface area contributed by atoms with Crippen LogP contribution < -0.4 is 16.4 Å². The number of nitrogens with one attached hydrogen (secondary N) is 2.